The van der Waals surface area contributed by atoms with E-state index in [2.05, 4.69) is 0 Å². The number of rotatable bonds is 3. The van der Waals surface area contributed by atoms with Crippen LogP contribution in [0.1, 0.15) is 22.3 Å². The van der Waals surface area contributed by atoms with Crippen molar-refractivity contribution in [2.45, 2.75) is 13.3 Å². The summed E-state index contributed by atoms with van der Waals surface area (Å²) in [6.07, 6.45) is 0.107. The minimum atomic E-state index is -0.556. The molecule has 6 heteroatoms. The second kappa shape index (κ2) is 4.72. The Hall–Kier alpha value is -2.37. The lowest BCUT2D eigenvalue weighted by Crippen LogP contribution is -2.29. The summed E-state index contributed by atoms with van der Waals surface area (Å²) in [4.78, 5) is 35.7. The summed E-state index contributed by atoms with van der Waals surface area (Å²) in [5.74, 6) is -1.70. The van der Waals surface area contributed by atoms with Crippen LogP contribution in [0.2, 0.25) is 0 Å². The van der Waals surface area contributed by atoms with Crippen LogP contribution in [0.3, 0.4) is 0 Å². The Balaban J connectivity index is 2.36. The number of anilines is 1. The third-order valence-corrected chi connectivity index (χ3v) is 3.31. The summed E-state index contributed by atoms with van der Waals surface area (Å²) in [6, 6.07) is 4.90. The van der Waals surface area contributed by atoms with Crippen molar-refractivity contribution in [1.82, 2.24) is 0 Å². The van der Waals surface area contributed by atoms with E-state index < -0.39 is 17.7 Å². The molecule has 100 valence electrons. The van der Waals surface area contributed by atoms with Gasteiger partial charge in [-0.2, -0.15) is 0 Å². The molecule has 1 fully saturated rings. The van der Waals surface area contributed by atoms with Crippen molar-refractivity contribution < 1.29 is 14.4 Å². The first-order valence-corrected chi connectivity index (χ1v) is 5.90. The van der Waals surface area contributed by atoms with E-state index in [0.717, 1.165) is 5.56 Å². The van der Waals surface area contributed by atoms with Crippen LogP contribution in [0.4, 0.5) is 5.69 Å². The first kappa shape index (κ1) is 13.1. The lowest BCUT2D eigenvalue weighted by molar-refractivity contribution is -0.123. The van der Waals surface area contributed by atoms with Gasteiger partial charge in [0.1, 0.15) is 0 Å². The van der Waals surface area contributed by atoms with E-state index in [1.807, 2.05) is 6.92 Å². The van der Waals surface area contributed by atoms with Crippen LogP contribution in [-0.4, -0.2) is 24.3 Å². The van der Waals surface area contributed by atoms with Gasteiger partial charge in [-0.1, -0.05) is 6.07 Å². The van der Waals surface area contributed by atoms with Crippen LogP contribution in [0.25, 0.3) is 0 Å². The number of amides is 3. The third-order valence-electron chi connectivity index (χ3n) is 3.31. The summed E-state index contributed by atoms with van der Waals surface area (Å²) in [6.45, 7) is 2.07. The van der Waals surface area contributed by atoms with E-state index in [9.17, 15) is 14.4 Å². The van der Waals surface area contributed by atoms with Gasteiger partial charge >= 0.3 is 0 Å². The molecule has 1 aliphatic heterocycles. The van der Waals surface area contributed by atoms with Crippen LogP contribution in [0.15, 0.2) is 18.2 Å². The maximum atomic E-state index is 11.9. The molecule has 3 amide bonds. The molecular formula is C13H15N3O3. The fourth-order valence-electron chi connectivity index (χ4n) is 2.18. The van der Waals surface area contributed by atoms with Gasteiger partial charge in [-0.15, -0.1) is 0 Å². The van der Waals surface area contributed by atoms with Crippen LogP contribution >= 0.6 is 0 Å². The van der Waals surface area contributed by atoms with Crippen molar-refractivity contribution in [1.29, 1.82) is 0 Å². The fourth-order valence-corrected chi connectivity index (χ4v) is 2.18. The van der Waals surface area contributed by atoms with Crippen molar-refractivity contribution in [2.75, 3.05) is 11.4 Å². The molecule has 4 N–H and O–H groups in total. The SMILES string of the molecule is Cc1ccc(C(N)=O)cc1N1C[C@@H](C(N)=O)CC1=O. The zero-order chi connectivity index (χ0) is 14.2. The highest BCUT2D eigenvalue weighted by Crippen LogP contribution is 2.28. The van der Waals surface area contributed by atoms with E-state index >= 15 is 0 Å². The van der Waals surface area contributed by atoms with Gasteiger partial charge < -0.3 is 16.4 Å². The molecule has 0 spiro atoms. The molecular weight excluding hydrogens is 246 g/mol. The van der Waals surface area contributed by atoms with Crippen LogP contribution in [-0.2, 0) is 9.59 Å². The van der Waals surface area contributed by atoms with Crippen molar-refractivity contribution >= 4 is 23.4 Å². The van der Waals surface area contributed by atoms with E-state index in [1.165, 1.54) is 4.90 Å². The molecule has 2 rings (SSSR count). The van der Waals surface area contributed by atoms with Gasteiger partial charge in [-0.05, 0) is 24.6 Å². The maximum Gasteiger partial charge on any atom is 0.248 e. The molecule has 0 unspecified atom stereocenters. The third kappa shape index (κ3) is 2.42. The highest BCUT2D eigenvalue weighted by atomic mass is 16.2. The van der Waals surface area contributed by atoms with Gasteiger partial charge in [-0.25, -0.2) is 0 Å². The number of nitrogens with zero attached hydrogens (tertiary/aromatic N) is 1. The van der Waals surface area contributed by atoms with Gasteiger partial charge in [0.05, 0.1) is 5.92 Å². The van der Waals surface area contributed by atoms with Crippen molar-refractivity contribution in [2.24, 2.45) is 17.4 Å². The smallest absolute Gasteiger partial charge is 0.248 e. The number of aryl methyl sites for hydroxylation is 1. The molecule has 1 aliphatic rings. The van der Waals surface area contributed by atoms with Crippen LogP contribution in [0.5, 0.6) is 0 Å². The molecule has 1 aromatic carbocycles. The van der Waals surface area contributed by atoms with E-state index in [-0.39, 0.29) is 18.9 Å². The first-order valence-electron chi connectivity index (χ1n) is 5.90. The number of hydrogen-bond acceptors (Lipinski definition) is 3. The Morgan fingerprint density at radius 1 is 1.32 bits per heavy atom. The highest BCUT2D eigenvalue weighted by Gasteiger charge is 2.34. The van der Waals surface area contributed by atoms with Gasteiger partial charge in [0.25, 0.3) is 0 Å². The molecule has 1 heterocycles. The maximum absolute atomic E-state index is 11.9. The zero-order valence-corrected chi connectivity index (χ0v) is 10.6. The van der Waals surface area contributed by atoms with Gasteiger partial charge in [0.15, 0.2) is 0 Å². The molecule has 0 saturated carbocycles. The normalized spacial score (nSPS) is 18.7. The lowest BCUT2D eigenvalue weighted by atomic mass is 10.1. The second-order valence-corrected chi connectivity index (χ2v) is 4.67. The Labute approximate surface area is 110 Å². The molecule has 19 heavy (non-hydrogen) atoms. The summed E-state index contributed by atoms with van der Waals surface area (Å²) in [7, 11) is 0. The highest BCUT2D eigenvalue weighted by molar-refractivity contribution is 6.02. The zero-order valence-electron chi connectivity index (χ0n) is 10.6. The topological polar surface area (TPSA) is 106 Å². The Kier molecular flexibility index (Phi) is 3.25. The number of carbonyl (C=O) groups is 3. The molecule has 0 aliphatic carbocycles. The van der Waals surface area contributed by atoms with Gasteiger partial charge in [-0.3, -0.25) is 14.4 Å². The Morgan fingerprint density at radius 3 is 2.53 bits per heavy atom. The van der Waals surface area contributed by atoms with Crippen molar-refractivity contribution in [3.8, 4) is 0 Å². The average Bonchev–Trinajstić information content (AvgIpc) is 2.72. The minimum absolute atomic E-state index is 0.107. The number of benzene rings is 1. The predicted molar refractivity (Wildman–Crippen MR) is 69.4 cm³/mol. The monoisotopic (exact) mass is 261 g/mol. The number of primary amides is 2. The molecule has 0 radical (unpaired) electrons. The average molecular weight is 261 g/mol. The van der Waals surface area contributed by atoms with Crippen LogP contribution in [0, 0.1) is 12.8 Å². The minimum Gasteiger partial charge on any atom is -0.369 e. The quantitative estimate of drug-likeness (QED) is 0.795. The molecule has 1 saturated heterocycles. The van der Waals surface area contributed by atoms with Crippen molar-refractivity contribution in [3.63, 3.8) is 0 Å². The van der Waals surface area contributed by atoms with E-state index in [0.29, 0.717) is 11.3 Å². The second-order valence-electron chi connectivity index (χ2n) is 4.67. The standard InChI is InChI=1S/C13H15N3O3/c1-7-2-3-8(12(14)18)4-10(7)16-6-9(13(15)19)5-11(16)17/h2-4,9H,5-6H2,1H3,(H2,14,18)(H2,15,19)/t9-/m0/s1. The molecule has 1 aromatic rings. The molecule has 1 atom stereocenters. The largest absolute Gasteiger partial charge is 0.369 e. The number of carbonyl (C=O) groups excluding carboxylic acids is 3. The molecule has 6 nitrogen and oxygen atoms in total. The lowest BCUT2D eigenvalue weighted by Gasteiger charge is -2.19. The molecule has 0 aromatic heterocycles. The van der Waals surface area contributed by atoms with E-state index in [1.54, 1.807) is 18.2 Å². The number of hydrogen-bond donors (Lipinski definition) is 2. The Morgan fingerprint density at radius 2 is 2.00 bits per heavy atom. The Bertz CT molecular complexity index is 568. The van der Waals surface area contributed by atoms with E-state index in [4.69, 9.17) is 11.5 Å². The fraction of sp³-hybridized carbons (Fsp3) is 0.308. The van der Waals surface area contributed by atoms with Crippen LogP contribution < -0.4 is 16.4 Å². The van der Waals surface area contributed by atoms with Gasteiger partial charge in [0.2, 0.25) is 17.7 Å². The summed E-state index contributed by atoms with van der Waals surface area (Å²) in [5, 5.41) is 0. The predicted octanol–water partition coefficient (Wildman–Crippen LogP) is -0.0679. The van der Waals surface area contributed by atoms with Crippen molar-refractivity contribution in [3.05, 3.63) is 29.3 Å². The molecule has 0 bridgehead atoms. The van der Waals surface area contributed by atoms with Gasteiger partial charge in [0, 0.05) is 24.2 Å². The summed E-state index contributed by atoms with van der Waals surface area (Å²) < 4.78 is 0. The number of nitrogens with two attached hydrogens (primary N) is 2. The first-order chi connectivity index (χ1) is 8.90. The summed E-state index contributed by atoms with van der Waals surface area (Å²) >= 11 is 0. The summed E-state index contributed by atoms with van der Waals surface area (Å²) in [5.41, 5.74) is 12.2.